The summed E-state index contributed by atoms with van der Waals surface area (Å²) in [5.41, 5.74) is 7.63. The van der Waals surface area contributed by atoms with Crippen LogP contribution in [0.25, 0.3) is 0 Å². The average molecular weight is 341 g/mol. The van der Waals surface area contributed by atoms with Crippen LogP contribution in [0.2, 0.25) is 0 Å². The Morgan fingerprint density at radius 2 is 1.72 bits per heavy atom. The summed E-state index contributed by atoms with van der Waals surface area (Å²) in [5, 5.41) is 2.67. The summed E-state index contributed by atoms with van der Waals surface area (Å²) in [6.07, 6.45) is 0.291. The van der Waals surface area contributed by atoms with Crippen LogP contribution in [-0.4, -0.2) is 29.3 Å². The van der Waals surface area contributed by atoms with E-state index in [-0.39, 0.29) is 30.5 Å². The number of amides is 2. The maximum atomic E-state index is 13.8. The quantitative estimate of drug-likeness (QED) is 0.644. The lowest BCUT2D eigenvalue weighted by Crippen LogP contribution is -2.41. The molecule has 2 aromatic rings. The molecule has 1 atom stereocenters. The van der Waals surface area contributed by atoms with E-state index in [9.17, 15) is 18.9 Å². The maximum Gasteiger partial charge on any atom is 0.261 e. The van der Waals surface area contributed by atoms with Gasteiger partial charge in [0.2, 0.25) is 0 Å². The van der Waals surface area contributed by atoms with Crippen LogP contribution < -0.4 is 5.73 Å². The van der Waals surface area contributed by atoms with Crippen molar-refractivity contribution in [3.63, 3.8) is 0 Å². The van der Waals surface area contributed by atoms with E-state index in [0.29, 0.717) is 23.1 Å². The van der Waals surface area contributed by atoms with Gasteiger partial charge in [-0.3, -0.25) is 14.5 Å². The summed E-state index contributed by atoms with van der Waals surface area (Å²) in [6.45, 7) is -0.182. The summed E-state index contributed by atoms with van der Waals surface area (Å²) < 4.78 is 13.8. The van der Waals surface area contributed by atoms with Crippen LogP contribution in [0.1, 0.15) is 31.8 Å². The first-order valence-electron chi connectivity index (χ1n) is 7.78. The Morgan fingerprint density at radius 3 is 2.28 bits per heavy atom. The highest BCUT2D eigenvalue weighted by molar-refractivity contribution is 6.21. The molecule has 1 aliphatic rings. The number of hydrogen-bond donors (Lipinski definition) is 1. The molecule has 1 unspecified atom stereocenters. The molecule has 2 N–H and O–H groups in total. The zero-order valence-electron chi connectivity index (χ0n) is 13.3. The number of nitrogens with zero attached hydrogens (tertiary/aromatic N) is 2. The number of imide groups is 1. The van der Waals surface area contributed by atoms with Gasteiger partial charge in [0.25, 0.3) is 11.8 Å². The Morgan fingerprint density at radius 1 is 1.08 bits per heavy atom. The number of nitrogens with two attached hydrogens (primary N) is 1. The van der Waals surface area contributed by atoms with E-state index in [1.165, 1.54) is 12.1 Å². The number of fused-ring (bicyclic) bond motifs is 1. The van der Waals surface area contributed by atoms with Crippen molar-refractivity contribution in [1.29, 1.82) is 0 Å². The molecule has 25 heavy (non-hydrogen) atoms. The Hall–Kier alpha value is -2.93. The van der Waals surface area contributed by atoms with Gasteiger partial charge in [0, 0.05) is 18.2 Å². The standard InChI is InChI=1S/C18H16FN3O3/c19-16-8-11(5-6-12(16)9-21-25)7-13(20)10-22-17(23)14-3-1-2-4-15(14)18(22)24/h1-6,8,13H,7,9-10,20H2. The van der Waals surface area contributed by atoms with E-state index in [1.807, 2.05) is 0 Å². The molecule has 1 aliphatic heterocycles. The summed E-state index contributed by atoms with van der Waals surface area (Å²) in [5.74, 6) is -1.26. The lowest BCUT2D eigenvalue weighted by molar-refractivity contribution is 0.0644. The largest absolute Gasteiger partial charge is 0.326 e. The van der Waals surface area contributed by atoms with Gasteiger partial charge in [-0.15, -0.1) is 0 Å². The third-order valence-corrected chi connectivity index (χ3v) is 4.15. The molecule has 0 spiro atoms. The van der Waals surface area contributed by atoms with E-state index in [4.69, 9.17) is 5.73 Å². The predicted octanol–water partition coefficient (Wildman–Crippen LogP) is 2.26. The van der Waals surface area contributed by atoms with E-state index < -0.39 is 11.9 Å². The third kappa shape index (κ3) is 3.32. The highest BCUT2D eigenvalue weighted by Crippen LogP contribution is 2.22. The number of carbonyl (C=O) groups is 2. The van der Waals surface area contributed by atoms with Gasteiger partial charge in [-0.25, -0.2) is 4.39 Å². The normalized spacial score (nSPS) is 14.6. The molecule has 0 aromatic heterocycles. The second kappa shape index (κ2) is 6.90. The van der Waals surface area contributed by atoms with E-state index >= 15 is 0 Å². The number of carbonyl (C=O) groups excluding carboxylic acids is 2. The molecule has 2 aromatic carbocycles. The van der Waals surface area contributed by atoms with Crippen molar-refractivity contribution in [3.05, 3.63) is 75.4 Å². The molecule has 6 nitrogen and oxygen atoms in total. The highest BCUT2D eigenvalue weighted by Gasteiger charge is 2.35. The molecule has 0 saturated carbocycles. The average Bonchev–Trinajstić information content (AvgIpc) is 2.83. The smallest absolute Gasteiger partial charge is 0.261 e. The van der Waals surface area contributed by atoms with Gasteiger partial charge in [-0.1, -0.05) is 29.4 Å². The van der Waals surface area contributed by atoms with Gasteiger partial charge >= 0.3 is 0 Å². The second-order valence-corrected chi connectivity index (χ2v) is 5.94. The Labute approximate surface area is 143 Å². The van der Waals surface area contributed by atoms with E-state index in [1.54, 1.807) is 30.3 Å². The Bertz CT molecular complexity index is 818. The molecule has 0 radical (unpaired) electrons. The molecule has 7 heteroatoms. The molecular formula is C18H16FN3O3. The van der Waals surface area contributed by atoms with Crippen molar-refractivity contribution in [2.24, 2.45) is 10.9 Å². The summed E-state index contributed by atoms with van der Waals surface area (Å²) in [4.78, 5) is 36.0. The molecule has 0 aliphatic carbocycles. The molecule has 2 amide bonds. The zero-order chi connectivity index (χ0) is 18.0. The summed E-state index contributed by atoms with van der Waals surface area (Å²) >= 11 is 0. The van der Waals surface area contributed by atoms with E-state index in [2.05, 4.69) is 5.18 Å². The van der Waals surface area contributed by atoms with Crippen LogP contribution in [-0.2, 0) is 13.0 Å². The van der Waals surface area contributed by atoms with Crippen molar-refractivity contribution >= 4 is 11.8 Å². The zero-order valence-corrected chi connectivity index (χ0v) is 13.3. The minimum Gasteiger partial charge on any atom is -0.326 e. The molecule has 3 rings (SSSR count). The van der Waals surface area contributed by atoms with Crippen LogP contribution in [0.3, 0.4) is 0 Å². The molecule has 128 valence electrons. The lowest BCUT2D eigenvalue weighted by Gasteiger charge is -2.19. The minimum atomic E-state index is -0.531. The van der Waals surface area contributed by atoms with Crippen LogP contribution in [0, 0.1) is 10.7 Å². The van der Waals surface area contributed by atoms with Gasteiger partial charge in [-0.2, -0.15) is 4.91 Å². The van der Waals surface area contributed by atoms with Gasteiger partial charge in [0.05, 0.1) is 11.1 Å². The van der Waals surface area contributed by atoms with E-state index in [0.717, 1.165) is 4.90 Å². The number of nitroso groups, excluding NO2 is 1. The fourth-order valence-electron chi connectivity index (χ4n) is 2.92. The van der Waals surface area contributed by atoms with Crippen molar-refractivity contribution in [2.45, 2.75) is 19.0 Å². The molecule has 0 fully saturated rings. The van der Waals surface area contributed by atoms with Crippen molar-refractivity contribution in [1.82, 2.24) is 4.90 Å². The fraction of sp³-hybridized carbons (Fsp3) is 0.222. The minimum absolute atomic E-state index is 0.0472. The highest BCUT2D eigenvalue weighted by atomic mass is 19.1. The number of benzene rings is 2. The Kier molecular flexibility index (Phi) is 4.67. The summed E-state index contributed by atoms with van der Waals surface area (Å²) in [6, 6.07) is 10.5. The third-order valence-electron chi connectivity index (χ3n) is 4.15. The van der Waals surface area contributed by atoms with Crippen molar-refractivity contribution in [3.8, 4) is 0 Å². The molecule has 0 saturated heterocycles. The summed E-state index contributed by atoms with van der Waals surface area (Å²) in [7, 11) is 0. The van der Waals surface area contributed by atoms with Crippen LogP contribution >= 0.6 is 0 Å². The van der Waals surface area contributed by atoms with Crippen molar-refractivity contribution in [2.75, 3.05) is 6.54 Å². The predicted molar refractivity (Wildman–Crippen MR) is 89.4 cm³/mol. The van der Waals surface area contributed by atoms with Crippen LogP contribution in [0.5, 0.6) is 0 Å². The first kappa shape index (κ1) is 16.9. The van der Waals surface area contributed by atoms with Gasteiger partial charge in [0.1, 0.15) is 12.4 Å². The lowest BCUT2D eigenvalue weighted by atomic mass is 10.0. The fourth-order valence-corrected chi connectivity index (χ4v) is 2.92. The number of rotatable bonds is 6. The Balaban J connectivity index is 1.68. The molecule has 0 bridgehead atoms. The first-order valence-corrected chi connectivity index (χ1v) is 7.78. The maximum absolute atomic E-state index is 13.8. The van der Waals surface area contributed by atoms with Crippen LogP contribution in [0.15, 0.2) is 47.6 Å². The second-order valence-electron chi connectivity index (χ2n) is 5.94. The SMILES string of the molecule is NC(Cc1ccc(CN=O)c(F)c1)CN1C(=O)c2ccccc2C1=O. The van der Waals surface area contributed by atoms with Crippen molar-refractivity contribution < 1.29 is 14.0 Å². The van der Waals surface area contributed by atoms with Gasteiger partial charge in [0.15, 0.2) is 0 Å². The number of halogens is 1. The number of hydrogen-bond acceptors (Lipinski definition) is 5. The monoisotopic (exact) mass is 341 g/mol. The van der Waals surface area contributed by atoms with Gasteiger partial charge in [-0.05, 0) is 30.2 Å². The molecule has 1 heterocycles. The topological polar surface area (TPSA) is 92.8 Å². The van der Waals surface area contributed by atoms with Gasteiger partial charge < -0.3 is 5.73 Å². The van der Waals surface area contributed by atoms with Crippen LogP contribution in [0.4, 0.5) is 4.39 Å². The molecular weight excluding hydrogens is 325 g/mol. The first-order chi connectivity index (χ1) is 12.0.